The van der Waals surface area contributed by atoms with Gasteiger partial charge in [0.05, 0.1) is 6.54 Å². The van der Waals surface area contributed by atoms with Crippen LogP contribution < -0.4 is 10.6 Å². The van der Waals surface area contributed by atoms with Crippen LogP contribution in [0, 0.1) is 12.7 Å². The Labute approximate surface area is 117 Å². The molecular formula is C14H19FN4O. The van der Waals surface area contributed by atoms with Crippen LogP contribution in [0.1, 0.15) is 32.2 Å². The summed E-state index contributed by atoms with van der Waals surface area (Å²) in [6.45, 7) is 8.38. The van der Waals surface area contributed by atoms with Gasteiger partial charge in [-0.25, -0.2) is 4.39 Å². The third-order valence-corrected chi connectivity index (χ3v) is 2.65. The van der Waals surface area contributed by atoms with Crippen molar-refractivity contribution >= 4 is 11.7 Å². The van der Waals surface area contributed by atoms with Gasteiger partial charge in [-0.3, -0.25) is 0 Å². The fourth-order valence-corrected chi connectivity index (χ4v) is 1.56. The molecule has 2 N–H and O–H groups in total. The lowest BCUT2D eigenvalue weighted by Gasteiger charge is -2.18. The third kappa shape index (κ3) is 4.03. The first-order valence-corrected chi connectivity index (χ1v) is 6.44. The zero-order chi connectivity index (χ0) is 14.8. The zero-order valence-corrected chi connectivity index (χ0v) is 12.1. The van der Waals surface area contributed by atoms with Crippen LogP contribution in [0.15, 0.2) is 22.6 Å². The van der Waals surface area contributed by atoms with Crippen LogP contribution in [0.2, 0.25) is 0 Å². The van der Waals surface area contributed by atoms with Crippen molar-refractivity contribution in [3.63, 3.8) is 0 Å². The molecular weight excluding hydrogens is 259 g/mol. The van der Waals surface area contributed by atoms with Gasteiger partial charge in [0.2, 0.25) is 5.89 Å². The molecule has 6 heteroatoms. The Hall–Kier alpha value is -1.95. The van der Waals surface area contributed by atoms with Gasteiger partial charge >= 0.3 is 6.01 Å². The van der Waals surface area contributed by atoms with E-state index in [4.69, 9.17) is 4.42 Å². The molecule has 2 rings (SSSR count). The summed E-state index contributed by atoms with van der Waals surface area (Å²) in [5.41, 5.74) is 1.25. The highest BCUT2D eigenvalue weighted by Gasteiger charge is 2.12. The number of aromatic nitrogens is 2. The maximum absolute atomic E-state index is 13.2. The second-order valence-corrected chi connectivity index (χ2v) is 5.69. The monoisotopic (exact) mass is 278 g/mol. The summed E-state index contributed by atoms with van der Waals surface area (Å²) >= 11 is 0. The molecule has 0 aliphatic heterocycles. The topological polar surface area (TPSA) is 63.0 Å². The van der Waals surface area contributed by atoms with Crippen LogP contribution >= 0.6 is 0 Å². The van der Waals surface area contributed by atoms with E-state index >= 15 is 0 Å². The second kappa shape index (κ2) is 5.58. The Bertz CT molecular complexity index is 589. The van der Waals surface area contributed by atoms with Crippen LogP contribution in [0.4, 0.5) is 16.1 Å². The number of nitrogens with one attached hydrogen (secondary N) is 2. The standard InChI is InChI=1S/C14H19FN4O/c1-9-7-10(5-6-11(9)15)17-13-19-18-12(20-13)8-16-14(2,3)4/h5-7,16H,8H2,1-4H3,(H,17,19). The lowest BCUT2D eigenvalue weighted by Crippen LogP contribution is -2.35. The molecule has 0 fully saturated rings. The number of rotatable bonds is 4. The molecule has 5 nitrogen and oxygen atoms in total. The van der Waals surface area contributed by atoms with Gasteiger partial charge in [-0.15, -0.1) is 5.10 Å². The fourth-order valence-electron chi connectivity index (χ4n) is 1.56. The maximum Gasteiger partial charge on any atom is 0.320 e. The lowest BCUT2D eigenvalue weighted by molar-refractivity contribution is 0.384. The van der Waals surface area contributed by atoms with Gasteiger partial charge in [0.1, 0.15) is 5.82 Å². The first kappa shape index (κ1) is 14.5. The minimum Gasteiger partial charge on any atom is -0.406 e. The fraction of sp³-hybridized carbons (Fsp3) is 0.429. The van der Waals surface area contributed by atoms with E-state index < -0.39 is 0 Å². The first-order valence-electron chi connectivity index (χ1n) is 6.44. The number of aryl methyl sites for hydroxylation is 1. The van der Waals surface area contributed by atoms with Crippen LogP contribution in [-0.4, -0.2) is 15.7 Å². The Morgan fingerprint density at radius 1 is 1.25 bits per heavy atom. The van der Waals surface area contributed by atoms with E-state index in [0.29, 0.717) is 29.7 Å². The highest BCUT2D eigenvalue weighted by molar-refractivity contribution is 5.53. The van der Waals surface area contributed by atoms with Crippen molar-refractivity contribution in [1.29, 1.82) is 0 Å². The molecule has 108 valence electrons. The van der Waals surface area contributed by atoms with Gasteiger partial charge in [-0.05, 0) is 51.5 Å². The van der Waals surface area contributed by atoms with E-state index in [0.717, 1.165) is 0 Å². The average molecular weight is 278 g/mol. The van der Waals surface area contributed by atoms with Gasteiger partial charge in [0.25, 0.3) is 0 Å². The Balaban J connectivity index is 2.00. The summed E-state index contributed by atoms with van der Waals surface area (Å²) in [5, 5.41) is 14.1. The molecule has 0 saturated carbocycles. The summed E-state index contributed by atoms with van der Waals surface area (Å²) in [7, 11) is 0. The van der Waals surface area contributed by atoms with Gasteiger partial charge in [-0.1, -0.05) is 5.10 Å². The highest BCUT2D eigenvalue weighted by atomic mass is 19.1. The quantitative estimate of drug-likeness (QED) is 0.899. The molecule has 0 amide bonds. The predicted molar refractivity (Wildman–Crippen MR) is 75.3 cm³/mol. The van der Waals surface area contributed by atoms with Gasteiger partial charge in [0.15, 0.2) is 0 Å². The summed E-state index contributed by atoms with van der Waals surface area (Å²) in [6.07, 6.45) is 0. The lowest BCUT2D eigenvalue weighted by atomic mass is 10.1. The third-order valence-electron chi connectivity index (χ3n) is 2.65. The van der Waals surface area contributed by atoms with Crippen LogP contribution in [0.3, 0.4) is 0 Å². The van der Waals surface area contributed by atoms with Gasteiger partial charge in [-0.2, -0.15) is 0 Å². The van der Waals surface area contributed by atoms with E-state index in [1.54, 1.807) is 19.1 Å². The van der Waals surface area contributed by atoms with Crippen molar-refractivity contribution in [2.24, 2.45) is 0 Å². The van der Waals surface area contributed by atoms with Crippen LogP contribution in [-0.2, 0) is 6.54 Å². The molecule has 20 heavy (non-hydrogen) atoms. The molecule has 0 bridgehead atoms. The molecule has 1 heterocycles. The maximum atomic E-state index is 13.2. The molecule has 0 aliphatic rings. The van der Waals surface area contributed by atoms with Crippen molar-refractivity contribution in [3.05, 3.63) is 35.5 Å². The summed E-state index contributed by atoms with van der Waals surface area (Å²) in [6, 6.07) is 5.00. The number of nitrogens with zero attached hydrogens (tertiary/aromatic N) is 2. The molecule has 0 aliphatic carbocycles. The number of halogens is 1. The molecule has 0 saturated heterocycles. The van der Waals surface area contributed by atoms with E-state index in [2.05, 4.69) is 41.6 Å². The molecule has 0 radical (unpaired) electrons. The predicted octanol–water partition coefficient (Wildman–Crippen LogP) is 3.15. The molecule has 2 aromatic rings. The number of hydrogen-bond donors (Lipinski definition) is 2. The van der Waals surface area contributed by atoms with Crippen LogP contribution in [0.5, 0.6) is 0 Å². The van der Waals surface area contributed by atoms with E-state index in [9.17, 15) is 4.39 Å². The van der Waals surface area contributed by atoms with E-state index in [-0.39, 0.29) is 11.4 Å². The number of hydrogen-bond acceptors (Lipinski definition) is 5. The number of benzene rings is 1. The van der Waals surface area contributed by atoms with Crippen molar-refractivity contribution in [2.45, 2.75) is 39.8 Å². The molecule has 1 aromatic carbocycles. The van der Waals surface area contributed by atoms with Gasteiger partial charge in [0, 0.05) is 11.2 Å². The normalized spacial score (nSPS) is 11.7. The molecule has 1 aromatic heterocycles. The Morgan fingerprint density at radius 3 is 2.65 bits per heavy atom. The minimum absolute atomic E-state index is 0.0177. The Kier molecular flexibility index (Phi) is 4.04. The molecule has 0 unspecified atom stereocenters. The largest absolute Gasteiger partial charge is 0.406 e. The average Bonchev–Trinajstić information content (AvgIpc) is 2.78. The van der Waals surface area contributed by atoms with Crippen molar-refractivity contribution in [1.82, 2.24) is 15.5 Å². The Morgan fingerprint density at radius 2 is 2.00 bits per heavy atom. The number of anilines is 2. The van der Waals surface area contributed by atoms with E-state index in [1.165, 1.54) is 6.07 Å². The first-order chi connectivity index (χ1) is 9.33. The zero-order valence-electron chi connectivity index (χ0n) is 12.1. The van der Waals surface area contributed by atoms with Crippen molar-refractivity contribution in [3.8, 4) is 0 Å². The van der Waals surface area contributed by atoms with Crippen molar-refractivity contribution < 1.29 is 8.81 Å². The minimum atomic E-state index is -0.240. The highest BCUT2D eigenvalue weighted by Crippen LogP contribution is 2.18. The van der Waals surface area contributed by atoms with Crippen LogP contribution in [0.25, 0.3) is 0 Å². The smallest absolute Gasteiger partial charge is 0.320 e. The molecule has 0 spiro atoms. The summed E-state index contributed by atoms with van der Waals surface area (Å²) in [4.78, 5) is 0. The van der Waals surface area contributed by atoms with Crippen molar-refractivity contribution in [2.75, 3.05) is 5.32 Å². The SMILES string of the molecule is Cc1cc(Nc2nnc(CNC(C)(C)C)o2)ccc1F. The second-order valence-electron chi connectivity index (χ2n) is 5.69. The summed E-state index contributed by atoms with van der Waals surface area (Å²) < 4.78 is 18.6. The molecule has 0 atom stereocenters. The summed E-state index contributed by atoms with van der Waals surface area (Å²) in [5.74, 6) is 0.261. The van der Waals surface area contributed by atoms with E-state index in [1.807, 2.05) is 0 Å². The van der Waals surface area contributed by atoms with Gasteiger partial charge < -0.3 is 15.1 Å².